The predicted octanol–water partition coefficient (Wildman–Crippen LogP) is 3.39. The number of halogens is 1. The summed E-state index contributed by atoms with van der Waals surface area (Å²) in [6.45, 7) is 8.84. The molecule has 21 heavy (non-hydrogen) atoms. The summed E-state index contributed by atoms with van der Waals surface area (Å²) in [4.78, 5) is 21.7. The van der Waals surface area contributed by atoms with Gasteiger partial charge < -0.3 is 5.32 Å². The van der Waals surface area contributed by atoms with Crippen LogP contribution in [0.15, 0.2) is 18.2 Å². The van der Waals surface area contributed by atoms with Crippen molar-refractivity contribution in [3.63, 3.8) is 0 Å². The number of carbonyl (C=O) groups is 1. The first-order valence-corrected chi connectivity index (χ1v) is 6.96. The van der Waals surface area contributed by atoms with E-state index in [1.54, 1.807) is 0 Å². The maximum atomic E-state index is 13.5. The first-order valence-electron chi connectivity index (χ1n) is 6.96. The molecule has 0 saturated heterocycles. The van der Waals surface area contributed by atoms with E-state index in [2.05, 4.69) is 33.0 Å². The van der Waals surface area contributed by atoms with E-state index in [9.17, 15) is 19.3 Å². The molecule has 0 unspecified atom stereocenters. The molecule has 1 N–H and O–H groups in total. The number of nitro groups is 1. The Hall–Kier alpha value is -1.98. The molecule has 1 amide bonds. The minimum atomic E-state index is -1.00. The Kier molecular flexibility index (Phi) is 5.81. The third-order valence-corrected chi connectivity index (χ3v) is 3.62. The van der Waals surface area contributed by atoms with Crippen molar-refractivity contribution >= 4 is 11.6 Å². The Morgan fingerprint density at radius 3 is 2.29 bits per heavy atom. The van der Waals surface area contributed by atoms with Crippen molar-refractivity contribution in [2.24, 2.45) is 17.8 Å². The van der Waals surface area contributed by atoms with Crippen LogP contribution in [0.4, 0.5) is 10.1 Å². The molecule has 0 atom stereocenters. The predicted molar refractivity (Wildman–Crippen MR) is 78.6 cm³/mol. The molecule has 0 aromatic heterocycles. The number of carbonyl (C=O) groups excluding carboxylic acids is 1. The van der Waals surface area contributed by atoms with Gasteiger partial charge in [-0.15, -0.1) is 0 Å². The summed E-state index contributed by atoms with van der Waals surface area (Å²) < 4.78 is 13.5. The second-order valence-electron chi connectivity index (χ2n) is 5.79. The van der Waals surface area contributed by atoms with Crippen LogP contribution in [0.1, 0.15) is 38.1 Å². The molecular formula is C15H21FN2O3. The Morgan fingerprint density at radius 1 is 1.29 bits per heavy atom. The lowest BCUT2D eigenvalue weighted by atomic mass is 9.85. The van der Waals surface area contributed by atoms with Crippen LogP contribution < -0.4 is 5.32 Å². The van der Waals surface area contributed by atoms with Gasteiger partial charge in [-0.2, -0.15) is 4.39 Å². The molecule has 0 spiro atoms. The maximum Gasteiger partial charge on any atom is 0.304 e. The van der Waals surface area contributed by atoms with E-state index in [4.69, 9.17) is 0 Å². The van der Waals surface area contributed by atoms with Gasteiger partial charge in [0.1, 0.15) is 0 Å². The van der Waals surface area contributed by atoms with Gasteiger partial charge in [0.15, 0.2) is 0 Å². The van der Waals surface area contributed by atoms with Crippen LogP contribution in [0.5, 0.6) is 0 Å². The molecule has 1 rings (SSSR count). The molecule has 0 aliphatic heterocycles. The summed E-state index contributed by atoms with van der Waals surface area (Å²) in [6, 6.07) is 3.16. The summed E-state index contributed by atoms with van der Waals surface area (Å²) in [6.07, 6.45) is 0. The van der Waals surface area contributed by atoms with Crippen molar-refractivity contribution in [3.8, 4) is 0 Å². The van der Waals surface area contributed by atoms with Crippen LogP contribution in [-0.4, -0.2) is 17.4 Å². The van der Waals surface area contributed by atoms with E-state index < -0.39 is 22.3 Å². The second-order valence-corrected chi connectivity index (χ2v) is 5.79. The van der Waals surface area contributed by atoms with Gasteiger partial charge in [-0.1, -0.05) is 27.7 Å². The first-order chi connectivity index (χ1) is 9.73. The molecule has 0 heterocycles. The lowest BCUT2D eigenvalue weighted by Crippen LogP contribution is -2.34. The fourth-order valence-corrected chi connectivity index (χ4v) is 2.35. The van der Waals surface area contributed by atoms with Gasteiger partial charge in [0.2, 0.25) is 5.82 Å². The maximum absolute atomic E-state index is 13.5. The summed E-state index contributed by atoms with van der Waals surface area (Å²) in [5.41, 5.74) is -0.543. The van der Waals surface area contributed by atoms with Gasteiger partial charge >= 0.3 is 5.69 Å². The SMILES string of the molecule is CC(C)C(CNC(=O)c1ccc([N+](=O)[O-])c(F)c1)C(C)C. The van der Waals surface area contributed by atoms with Gasteiger partial charge in [0, 0.05) is 18.2 Å². The van der Waals surface area contributed by atoms with Gasteiger partial charge in [0.25, 0.3) is 5.91 Å². The van der Waals surface area contributed by atoms with Crippen LogP contribution in [0, 0.1) is 33.7 Å². The Labute approximate surface area is 123 Å². The zero-order valence-electron chi connectivity index (χ0n) is 12.7. The number of hydrogen-bond donors (Lipinski definition) is 1. The highest BCUT2D eigenvalue weighted by molar-refractivity contribution is 5.94. The third-order valence-electron chi connectivity index (χ3n) is 3.62. The van der Waals surface area contributed by atoms with Crippen molar-refractivity contribution in [1.29, 1.82) is 0 Å². The minimum Gasteiger partial charge on any atom is -0.352 e. The van der Waals surface area contributed by atoms with Crippen molar-refractivity contribution in [2.45, 2.75) is 27.7 Å². The quantitative estimate of drug-likeness (QED) is 0.646. The lowest BCUT2D eigenvalue weighted by molar-refractivity contribution is -0.387. The molecule has 0 aliphatic rings. The van der Waals surface area contributed by atoms with Crippen LogP contribution in [0.2, 0.25) is 0 Å². The molecule has 5 nitrogen and oxygen atoms in total. The smallest absolute Gasteiger partial charge is 0.304 e. The Morgan fingerprint density at radius 2 is 1.86 bits per heavy atom. The zero-order valence-corrected chi connectivity index (χ0v) is 12.7. The molecule has 6 heteroatoms. The van der Waals surface area contributed by atoms with Gasteiger partial charge in [-0.3, -0.25) is 14.9 Å². The average Bonchev–Trinajstić information content (AvgIpc) is 2.37. The van der Waals surface area contributed by atoms with Crippen molar-refractivity contribution in [2.75, 3.05) is 6.54 Å². The highest BCUT2D eigenvalue weighted by atomic mass is 19.1. The first kappa shape index (κ1) is 17.1. The fourth-order valence-electron chi connectivity index (χ4n) is 2.35. The van der Waals surface area contributed by atoms with Crippen LogP contribution in [0.3, 0.4) is 0 Å². The lowest BCUT2D eigenvalue weighted by Gasteiger charge is -2.25. The fraction of sp³-hybridized carbons (Fsp3) is 0.533. The molecule has 0 bridgehead atoms. The number of nitrogens with one attached hydrogen (secondary N) is 1. The summed E-state index contributed by atoms with van der Waals surface area (Å²) >= 11 is 0. The summed E-state index contributed by atoms with van der Waals surface area (Å²) in [7, 11) is 0. The summed E-state index contributed by atoms with van der Waals surface area (Å²) in [5.74, 6) is -0.276. The van der Waals surface area contributed by atoms with E-state index in [0.717, 1.165) is 12.1 Å². The number of benzene rings is 1. The number of nitro benzene ring substituents is 1. The molecular weight excluding hydrogens is 275 g/mol. The summed E-state index contributed by atoms with van der Waals surface area (Å²) in [5, 5.41) is 13.3. The standard InChI is InChI=1S/C15H21FN2O3/c1-9(2)12(10(3)4)8-17-15(19)11-5-6-14(18(20)21)13(16)7-11/h5-7,9-10,12H,8H2,1-4H3,(H,17,19). The number of amides is 1. The minimum absolute atomic E-state index is 0.0874. The largest absolute Gasteiger partial charge is 0.352 e. The molecule has 1 aromatic rings. The average molecular weight is 296 g/mol. The van der Waals surface area contributed by atoms with E-state index in [1.807, 2.05) is 0 Å². The van der Waals surface area contributed by atoms with Gasteiger partial charge in [0.05, 0.1) is 4.92 Å². The van der Waals surface area contributed by atoms with Crippen molar-refractivity contribution < 1.29 is 14.1 Å². The molecule has 0 fully saturated rings. The number of hydrogen-bond acceptors (Lipinski definition) is 3. The number of nitrogens with zero attached hydrogens (tertiary/aromatic N) is 1. The van der Waals surface area contributed by atoms with Crippen LogP contribution in [0.25, 0.3) is 0 Å². The number of rotatable bonds is 6. The monoisotopic (exact) mass is 296 g/mol. The Balaban J connectivity index is 2.76. The van der Waals surface area contributed by atoms with Gasteiger partial charge in [-0.25, -0.2) is 0 Å². The molecule has 0 radical (unpaired) electrons. The van der Waals surface area contributed by atoms with Crippen LogP contribution in [-0.2, 0) is 0 Å². The molecule has 116 valence electrons. The van der Waals surface area contributed by atoms with Gasteiger partial charge in [-0.05, 0) is 29.9 Å². The van der Waals surface area contributed by atoms with Crippen LogP contribution >= 0.6 is 0 Å². The van der Waals surface area contributed by atoms with E-state index >= 15 is 0 Å². The zero-order chi connectivity index (χ0) is 16.2. The molecule has 0 aliphatic carbocycles. The topological polar surface area (TPSA) is 72.2 Å². The third kappa shape index (κ3) is 4.51. The Bertz CT molecular complexity index is 522. The van der Waals surface area contributed by atoms with E-state index in [1.165, 1.54) is 6.07 Å². The highest BCUT2D eigenvalue weighted by Crippen LogP contribution is 2.20. The van der Waals surface area contributed by atoms with Crippen molar-refractivity contribution in [1.82, 2.24) is 5.32 Å². The van der Waals surface area contributed by atoms with E-state index in [-0.39, 0.29) is 5.56 Å². The van der Waals surface area contributed by atoms with Crippen molar-refractivity contribution in [3.05, 3.63) is 39.7 Å². The highest BCUT2D eigenvalue weighted by Gasteiger charge is 2.20. The normalized spacial score (nSPS) is 11.2. The molecule has 1 aromatic carbocycles. The van der Waals surface area contributed by atoms with E-state index in [0.29, 0.717) is 24.3 Å². The second kappa shape index (κ2) is 7.15. The molecule has 0 saturated carbocycles.